The number of carbonyl (C=O) groups excluding carboxylic acids is 2. The third kappa shape index (κ3) is 8.27. The maximum Gasteiger partial charge on any atom is 0.203 e. The van der Waals surface area contributed by atoms with Gasteiger partial charge in [0.1, 0.15) is 23.4 Å². The Bertz CT molecular complexity index is 1000. The van der Waals surface area contributed by atoms with Crippen molar-refractivity contribution >= 4 is 35.9 Å². The Kier molecular flexibility index (Phi) is 9.54. The van der Waals surface area contributed by atoms with Crippen LogP contribution in [-0.4, -0.2) is 50.0 Å². The van der Waals surface area contributed by atoms with E-state index in [0.29, 0.717) is 55.1 Å². The van der Waals surface area contributed by atoms with E-state index in [2.05, 4.69) is 15.0 Å². The number of ketones is 2. The molecule has 2 aromatic heterocycles. The molecular weight excluding hydrogens is 453 g/mol. The number of unbranched alkanes of at least 4 members (excludes halogenated alkanes) is 1. The highest BCUT2D eigenvalue weighted by Crippen LogP contribution is 2.49. The summed E-state index contributed by atoms with van der Waals surface area (Å²) in [6.45, 7) is 12.1. The van der Waals surface area contributed by atoms with Gasteiger partial charge in [-0.15, -0.1) is 0 Å². The van der Waals surface area contributed by atoms with Crippen LogP contribution in [0.4, 0.5) is 5.82 Å². The summed E-state index contributed by atoms with van der Waals surface area (Å²) < 4.78 is 21.4. The van der Waals surface area contributed by atoms with Gasteiger partial charge in [0.25, 0.3) is 0 Å². The lowest BCUT2D eigenvalue weighted by Gasteiger charge is -2.22. The quantitative estimate of drug-likeness (QED) is 0.308. The molecule has 0 amide bonds. The molecule has 0 saturated heterocycles. The van der Waals surface area contributed by atoms with Crippen LogP contribution in [0, 0.1) is 10.8 Å². The minimum absolute atomic E-state index is 0.0789. The van der Waals surface area contributed by atoms with Crippen molar-refractivity contribution in [3.8, 4) is 0 Å². The van der Waals surface area contributed by atoms with Crippen LogP contribution >= 0.6 is 7.37 Å². The number of rotatable bonds is 13. The van der Waals surface area contributed by atoms with E-state index >= 15 is 0 Å². The highest BCUT2D eigenvalue weighted by Gasteiger charge is 2.27. The van der Waals surface area contributed by atoms with Crippen LogP contribution in [0.1, 0.15) is 73.6 Å². The summed E-state index contributed by atoms with van der Waals surface area (Å²) >= 11 is 0. The molecule has 1 atom stereocenters. The van der Waals surface area contributed by atoms with E-state index in [4.69, 9.17) is 10.3 Å². The molecule has 2 N–H and O–H groups in total. The Morgan fingerprint density at radius 3 is 2.21 bits per heavy atom. The third-order valence-corrected chi connectivity index (χ3v) is 8.46. The lowest BCUT2D eigenvalue weighted by atomic mass is 9.88. The average Bonchev–Trinajstić information content (AvgIpc) is 3.14. The summed E-state index contributed by atoms with van der Waals surface area (Å²) in [5.74, 6) is 0.571. The lowest BCUT2D eigenvalue weighted by Crippen LogP contribution is -2.21. The van der Waals surface area contributed by atoms with E-state index in [1.165, 1.54) is 6.33 Å². The van der Waals surface area contributed by atoms with Gasteiger partial charge < -0.3 is 14.8 Å². The molecule has 0 aromatic carbocycles. The maximum atomic E-state index is 13.6. The van der Waals surface area contributed by atoms with Crippen molar-refractivity contribution in [1.29, 1.82) is 0 Å². The zero-order valence-corrected chi connectivity index (χ0v) is 22.4. The number of carbonyl (C=O) groups is 2. The number of nitrogens with two attached hydrogens (primary N) is 1. The van der Waals surface area contributed by atoms with E-state index in [0.717, 1.165) is 6.42 Å². The molecule has 0 aliphatic rings. The second kappa shape index (κ2) is 11.5. The second-order valence-corrected chi connectivity index (χ2v) is 13.7. The number of imidazole rings is 1. The van der Waals surface area contributed by atoms with E-state index in [-0.39, 0.29) is 24.6 Å². The number of hydrogen-bond donors (Lipinski definition) is 1. The summed E-state index contributed by atoms with van der Waals surface area (Å²) in [7, 11) is -2.97. The first-order valence-corrected chi connectivity index (χ1v) is 13.9. The first-order chi connectivity index (χ1) is 15.7. The van der Waals surface area contributed by atoms with Gasteiger partial charge >= 0.3 is 0 Å². The number of aromatic nitrogens is 4. The summed E-state index contributed by atoms with van der Waals surface area (Å²) in [4.78, 5) is 37.0. The van der Waals surface area contributed by atoms with Crippen molar-refractivity contribution in [2.24, 2.45) is 10.8 Å². The fraction of sp³-hybridized carbons (Fsp3) is 0.708. The highest BCUT2D eigenvalue weighted by molar-refractivity contribution is 7.58. The van der Waals surface area contributed by atoms with Crippen LogP contribution in [0.5, 0.6) is 0 Å². The predicted molar refractivity (Wildman–Crippen MR) is 135 cm³/mol. The van der Waals surface area contributed by atoms with Crippen LogP contribution in [0.25, 0.3) is 11.2 Å². The van der Waals surface area contributed by atoms with E-state index < -0.39 is 18.2 Å². The molecule has 0 aliphatic heterocycles. The molecule has 9 nitrogen and oxygen atoms in total. The molecule has 0 spiro atoms. The van der Waals surface area contributed by atoms with Gasteiger partial charge in [0, 0.05) is 42.5 Å². The smallest absolute Gasteiger partial charge is 0.203 e. The lowest BCUT2D eigenvalue weighted by molar-refractivity contribution is -0.127. The Morgan fingerprint density at radius 1 is 0.941 bits per heavy atom. The molecule has 2 aromatic rings. The Morgan fingerprint density at radius 2 is 1.56 bits per heavy atom. The molecule has 0 bridgehead atoms. The summed E-state index contributed by atoms with van der Waals surface area (Å²) in [6.07, 6.45) is 6.40. The van der Waals surface area contributed by atoms with Crippen molar-refractivity contribution in [3.05, 3.63) is 12.7 Å². The molecule has 0 fully saturated rings. The van der Waals surface area contributed by atoms with Gasteiger partial charge in [-0.2, -0.15) is 0 Å². The number of nitrogen functional groups attached to an aromatic ring is 1. The topological polar surface area (TPSA) is 130 Å². The van der Waals surface area contributed by atoms with Gasteiger partial charge in [-0.1, -0.05) is 41.5 Å². The zero-order valence-electron chi connectivity index (χ0n) is 21.5. The number of Topliss-reactive ketones (excluding diaryl/α,β-unsaturated/α-hetero) is 2. The maximum absolute atomic E-state index is 13.6. The number of nitrogens with zero attached hydrogens (tertiary/aromatic N) is 4. The van der Waals surface area contributed by atoms with Gasteiger partial charge in [-0.3, -0.25) is 14.2 Å². The van der Waals surface area contributed by atoms with Crippen molar-refractivity contribution < 1.29 is 18.7 Å². The Labute approximate surface area is 202 Å². The van der Waals surface area contributed by atoms with Crippen LogP contribution in [0.3, 0.4) is 0 Å². The average molecular weight is 494 g/mol. The second-order valence-electron chi connectivity index (χ2n) is 10.9. The normalized spacial score (nSPS) is 14.3. The molecule has 34 heavy (non-hydrogen) atoms. The zero-order chi connectivity index (χ0) is 25.6. The van der Waals surface area contributed by atoms with E-state index in [9.17, 15) is 14.2 Å². The largest absolute Gasteiger partial charge is 0.382 e. The van der Waals surface area contributed by atoms with Crippen LogP contribution in [-0.2, 0) is 25.2 Å². The number of anilines is 1. The molecule has 10 heteroatoms. The van der Waals surface area contributed by atoms with Crippen LogP contribution < -0.4 is 5.73 Å². The molecule has 0 radical (unpaired) electrons. The molecule has 2 rings (SSSR count). The monoisotopic (exact) mass is 493 g/mol. The molecule has 1 unspecified atom stereocenters. The SMILES string of the molecule is CC(C)(C)C(=O)CCCP(=O)(CCCCn1cnc2c(N)ncnc21)OCCC(=O)C(C)(C)C. The van der Waals surface area contributed by atoms with Gasteiger partial charge in [0.2, 0.25) is 7.37 Å². The van der Waals surface area contributed by atoms with Crippen molar-refractivity contribution in [3.63, 3.8) is 0 Å². The fourth-order valence-corrected chi connectivity index (χ4v) is 5.72. The summed E-state index contributed by atoms with van der Waals surface area (Å²) in [5.41, 5.74) is 6.23. The highest BCUT2D eigenvalue weighted by atomic mass is 31.2. The first-order valence-electron chi connectivity index (χ1n) is 11.9. The minimum atomic E-state index is -2.97. The standard InChI is InChI=1S/C24H40N5O4P/c1-23(2,3)18(30)10-9-15-34(32,33-13-11-19(31)24(4,5)6)14-8-7-12-29-17-28-20-21(25)26-16-27-22(20)29/h16-17H,7-15H2,1-6H3,(H2,25,26,27). The summed E-state index contributed by atoms with van der Waals surface area (Å²) in [5, 5.41) is 0. The van der Waals surface area contributed by atoms with E-state index in [1.54, 1.807) is 6.33 Å². The van der Waals surface area contributed by atoms with Gasteiger partial charge in [0.15, 0.2) is 11.5 Å². The van der Waals surface area contributed by atoms with Crippen molar-refractivity contribution in [2.45, 2.75) is 80.2 Å². The predicted octanol–water partition coefficient (Wildman–Crippen LogP) is 4.88. The minimum Gasteiger partial charge on any atom is -0.382 e. The number of hydrogen-bond acceptors (Lipinski definition) is 8. The van der Waals surface area contributed by atoms with E-state index in [1.807, 2.05) is 46.1 Å². The molecule has 190 valence electrons. The Hall–Kier alpha value is -2.12. The van der Waals surface area contributed by atoms with Gasteiger partial charge in [0.05, 0.1) is 12.9 Å². The molecule has 0 aliphatic carbocycles. The number of aryl methyl sites for hydroxylation is 1. The van der Waals surface area contributed by atoms with Gasteiger partial charge in [-0.25, -0.2) is 15.0 Å². The third-order valence-electron chi connectivity index (χ3n) is 5.81. The molecule has 2 heterocycles. The van der Waals surface area contributed by atoms with Crippen LogP contribution in [0.2, 0.25) is 0 Å². The summed E-state index contributed by atoms with van der Waals surface area (Å²) in [6, 6.07) is 0. The Balaban J connectivity index is 1.94. The molecular formula is C24H40N5O4P. The molecule has 0 saturated carbocycles. The van der Waals surface area contributed by atoms with Crippen LogP contribution in [0.15, 0.2) is 12.7 Å². The van der Waals surface area contributed by atoms with Crippen molar-refractivity contribution in [1.82, 2.24) is 19.5 Å². The number of fused-ring (bicyclic) bond motifs is 1. The first kappa shape index (κ1) is 28.1. The fourth-order valence-electron chi connectivity index (χ4n) is 3.47. The van der Waals surface area contributed by atoms with Crippen molar-refractivity contribution in [2.75, 3.05) is 24.7 Å². The van der Waals surface area contributed by atoms with Gasteiger partial charge in [-0.05, 0) is 19.3 Å².